The Kier molecular flexibility index (Phi) is 4.58. The third-order valence-corrected chi connectivity index (χ3v) is 2.40. The van der Waals surface area contributed by atoms with Crippen molar-refractivity contribution in [2.24, 2.45) is 5.73 Å². The van der Waals surface area contributed by atoms with Gasteiger partial charge in [-0.05, 0) is 25.9 Å². The van der Waals surface area contributed by atoms with Gasteiger partial charge in [0.1, 0.15) is 0 Å². The average Bonchev–Trinajstić information content (AvgIpc) is 2.15. The lowest BCUT2D eigenvalue weighted by atomic mass is 10.1. The molecular formula is C9H20N2O. The largest absolute Gasteiger partial charge is 0.376 e. The van der Waals surface area contributed by atoms with Crippen molar-refractivity contribution in [3.8, 4) is 0 Å². The Morgan fingerprint density at radius 2 is 2.42 bits per heavy atom. The summed E-state index contributed by atoms with van der Waals surface area (Å²) in [5.41, 5.74) is 5.44. The fraction of sp³-hybridized carbons (Fsp3) is 1.00. The van der Waals surface area contributed by atoms with Gasteiger partial charge >= 0.3 is 0 Å². The summed E-state index contributed by atoms with van der Waals surface area (Å²) in [5, 5.41) is 0. The van der Waals surface area contributed by atoms with Gasteiger partial charge in [0, 0.05) is 13.1 Å². The highest BCUT2D eigenvalue weighted by atomic mass is 16.5. The quantitative estimate of drug-likeness (QED) is 0.669. The van der Waals surface area contributed by atoms with Crippen LogP contribution >= 0.6 is 0 Å². The molecule has 0 aromatic rings. The van der Waals surface area contributed by atoms with Crippen molar-refractivity contribution in [2.45, 2.75) is 25.9 Å². The number of ether oxygens (including phenoxy) is 1. The molecule has 1 saturated heterocycles. The summed E-state index contributed by atoms with van der Waals surface area (Å²) in [4.78, 5) is 2.44. The van der Waals surface area contributed by atoms with Gasteiger partial charge in [0.05, 0.1) is 12.7 Å². The molecular weight excluding hydrogens is 152 g/mol. The molecule has 3 heteroatoms. The lowest BCUT2D eigenvalue weighted by Crippen LogP contribution is -2.42. The van der Waals surface area contributed by atoms with Crippen LogP contribution in [0, 0.1) is 0 Å². The van der Waals surface area contributed by atoms with E-state index < -0.39 is 0 Å². The van der Waals surface area contributed by atoms with Crippen LogP contribution in [0.15, 0.2) is 0 Å². The van der Waals surface area contributed by atoms with E-state index in [1.807, 2.05) is 0 Å². The summed E-state index contributed by atoms with van der Waals surface area (Å²) in [6, 6.07) is 0. The molecule has 1 unspecified atom stereocenters. The first-order chi connectivity index (χ1) is 5.86. The van der Waals surface area contributed by atoms with Gasteiger partial charge in [-0.25, -0.2) is 0 Å². The summed E-state index contributed by atoms with van der Waals surface area (Å²) in [5.74, 6) is 0. The van der Waals surface area contributed by atoms with Crippen LogP contribution in [0.1, 0.15) is 19.8 Å². The number of nitrogens with two attached hydrogens (primary N) is 1. The molecule has 72 valence electrons. The minimum absolute atomic E-state index is 0.433. The molecule has 0 radical (unpaired) electrons. The number of nitrogens with zero attached hydrogens (tertiary/aromatic N) is 1. The standard InChI is InChI=1S/C9H20N2O/c1-2-11-6-7-12-9(8-11)4-3-5-10/h9H,2-8,10H2,1H3. The van der Waals surface area contributed by atoms with E-state index in [1.54, 1.807) is 0 Å². The molecule has 12 heavy (non-hydrogen) atoms. The lowest BCUT2D eigenvalue weighted by molar-refractivity contribution is -0.0306. The van der Waals surface area contributed by atoms with Crippen LogP contribution < -0.4 is 5.73 Å². The third-order valence-electron chi connectivity index (χ3n) is 2.40. The first-order valence-electron chi connectivity index (χ1n) is 4.90. The molecule has 0 aromatic carbocycles. The normalized spacial score (nSPS) is 26.0. The zero-order valence-electron chi connectivity index (χ0n) is 7.96. The van der Waals surface area contributed by atoms with Gasteiger partial charge in [-0.1, -0.05) is 6.92 Å². The monoisotopic (exact) mass is 172 g/mol. The van der Waals surface area contributed by atoms with Crippen molar-refractivity contribution >= 4 is 0 Å². The molecule has 1 rings (SSSR count). The molecule has 1 heterocycles. The second-order valence-corrected chi connectivity index (χ2v) is 3.32. The van der Waals surface area contributed by atoms with Crippen molar-refractivity contribution in [1.29, 1.82) is 0 Å². The van der Waals surface area contributed by atoms with Crippen LogP contribution in [0.5, 0.6) is 0 Å². The van der Waals surface area contributed by atoms with Crippen LogP contribution in [0.25, 0.3) is 0 Å². The average molecular weight is 172 g/mol. The maximum atomic E-state index is 5.61. The summed E-state index contributed by atoms with van der Waals surface area (Å²) >= 11 is 0. The number of rotatable bonds is 4. The Labute approximate surface area is 74.9 Å². The minimum Gasteiger partial charge on any atom is -0.376 e. The van der Waals surface area contributed by atoms with Crippen molar-refractivity contribution < 1.29 is 4.74 Å². The van der Waals surface area contributed by atoms with Gasteiger partial charge in [-0.15, -0.1) is 0 Å². The van der Waals surface area contributed by atoms with Crippen molar-refractivity contribution in [2.75, 3.05) is 32.8 Å². The fourth-order valence-electron chi connectivity index (χ4n) is 1.59. The number of hydrogen-bond acceptors (Lipinski definition) is 3. The first-order valence-corrected chi connectivity index (χ1v) is 4.90. The van der Waals surface area contributed by atoms with Crippen LogP contribution in [0.3, 0.4) is 0 Å². The van der Waals surface area contributed by atoms with Gasteiger partial charge in [0.25, 0.3) is 0 Å². The second kappa shape index (κ2) is 5.51. The third kappa shape index (κ3) is 3.09. The van der Waals surface area contributed by atoms with Crippen molar-refractivity contribution in [1.82, 2.24) is 4.90 Å². The molecule has 1 atom stereocenters. The number of likely N-dealkylation sites (N-methyl/N-ethyl adjacent to an activating group) is 1. The van der Waals surface area contributed by atoms with Crippen LogP contribution in [-0.2, 0) is 4.74 Å². The zero-order valence-corrected chi connectivity index (χ0v) is 7.96. The summed E-state index contributed by atoms with van der Waals surface area (Å²) in [6.07, 6.45) is 2.64. The Morgan fingerprint density at radius 3 is 3.08 bits per heavy atom. The van der Waals surface area contributed by atoms with Crippen LogP contribution in [-0.4, -0.2) is 43.8 Å². The molecule has 2 N–H and O–H groups in total. The molecule has 0 aliphatic carbocycles. The first kappa shape index (κ1) is 9.96. The maximum Gasteiger partial charge on any atom is 0.0703 e. The molecule has 0 aromatic heterocycles. The minimum atomic E-state index is 0.433. The van der Waals surface area contributed by atoms with Crippen molar-refractivity contribution in [3.05, 3.63) is 0 Å². The Bertz CT molecular complexity index is 119. The van der Waals surface area contributed by atoms with E-state index in [9.17, 15) is 0 Å². The fourth-order valence-corrected chi connectivity index (χ4v) is 1.59. The molecule has 1 aliphatic heterocycles. The SMILES string of the molecule is CCN1CCOC(CCCN)C1. The summed E-state index contributed by atoms with van der Waals surface area (Å²) < 4.78 is 5.61. The zero-order chi connectivity index (χ0) is 8.81. The van der Waals surface area contributed by atoms with Crippen molar-refractivity contribution in [3.63, 3.8) is 0 Å². The molecule has 0 bridgehead atoms. The summed E-state index contributed by atoms with van der Waals surface area (Å²) in [6.45, 7) is 7.20. The van der Waals surface area contributed by atoms with Gasteiger partial charge < -0.3 is 10.5 Å². The smallest absolute Gasteiger partial charge is 0.0703 e. The van der Waals surface area contributed by atoms with Gasteiger partial charge in [0.2, 0.25) is 0 Å². The Morgan fingerprint density at radius 1 is 1.58 bits per heavy atom. The number of hydrogen-bond donors (Lipinski definition) is 1. The highest BCUT2D eigenvalue weighted by Gasteiger charge is 2.17. The predicted molar refractivity (Wildman–Crippen MR) is 50.1 cm³/mol. The number of morpholine rings is 1. The maximum absolute atomic E-state index is 5.61. The highest BCUT2D eigenvalue weighted by Crippen LogP contribution is 2.09. The van der Waals surface area contributed by atoms with E-state index in [0.717, 1.165) is 45.6 Å². The van der Waals surface area contributed by atoms with E-state index in [4.69, 9.17) is 10.5 Å². The molecule has 1 fully saturated rings. The van der Waals surface area contributed by atoms with E-state index in [-0.39, 0.29) is 0 Å². The van der Waals surface area contributed by atoms with Gasteiger partial charge in [0.15, 0.2) is 0 Å². The summed E-state index contributed by atoms with van der Waals surface area (Å²) in [7, 11) is 0. The second-order valence-electron chi connectivity index (χ2n) is 3.32. The Balaban J connectivity index is 2.16. The van der Waals surface area contributed by atoms with E-state index >= 15 is 0 Å². The topological polar surface area (TPSA) is 38.5 Å². The Hall–Kier alpha value is -0.120. The molecule has 0 saturated carbocycles. The highest BCUT2D eigenvalue weighted by molar-refractivity contribution is 4.70. The molecule has 0 spiro atoms. The van der Waals surface area contributed by atoms with Crippen LogP contribution in [0.2, 0.25) is 0 Å². The predicted octanol–water partition coefficient (Wildman–Crippen LogP) is 0.446. The van der Waals surface area contributed by atoms with Crippen LogP contribution in [0.4, 0.5) is 0 Å². The van der Waals surface area contributed by atoms with E-state index in [2.05, 4.69) is 11.8 Å². The van der Waals surface area contributed by atoms with E-state index in [0.29, 0.717) is 6.10 Å². The molecule has 3 nitrogen and oxygen atoms in total. The molecule has 1 aliphatic rings. The van der Waals surface area contributed by atoms with E-state index in [1.165, 1.54) is 0 Å². The van der Waals surface area contributed by atoms with Gasteiger partial charge in [-0.3, -0.25) is 4.90 Å². The molecule has 0 amide bonds. The van der Waals surface area contributed by atoms with Gasteiger partial charge in [-0.2, -0.15) is 0 Å². The lowest BCUT2D eigenvalue weighted by Gasteiger charge is -2.32.